The molecule has 0 aliphatic carbocycles. The largest absolute Gasteiger partial charge is 0.494 e. The summed E-state index contributed by atoms with van der Waals surface area (Å²) in [5.41, 5.74) is 0.0439. The number of hydrogen-bond acceptors (Lipinski definition) is 8. The number of thiocarbonyl (C=S) groups is 1. The fourth-order valence-electron chi connectivity index (χ4n) is 2.18. The second-order valence-electron chi connectivity index (χ2n) is 5.66. The highest BCUT2D eigenvalue weighted by molar-refractivity contribution is 7.97. The summed E-state index contributed by atoms with van der Waals surface area (Å²) in [7, 11) is 1.34. The number of anilines is 1. The number of methoxy groups -OCH3 is 1. The molecule has 15 heteroatoms. The Morgan fingerprint density at radius 1 is 1.16 bits per heavy atom. The van der Waals surface area contributed by atoms with Gasteiger partial charge in [-0.15, -0.1) is 0 Å². The van der Waals surface area contributed by atoms with Crippen molar-refractivity contribution in [1.29, 1.82) is 0 Å². The summed E-state index contributed by atoms with van der Waals surface area (Å²) >= 11 is 24.1. The molecule has 0 aliphatic heterocycles. The van der Waals surface area contributed by atoms with Crippen LogP contribution in [0, 0.1) is 20.2 Å². The van der Waals surface area contributed by atoms with Crippen LogP contribution >= 0.6 is 59.0 Å². The molecule has 0 amide bonds. The third-order valence-electron chi connectivity index (χ3n) is 3.60. The Labute approximate surface area is 201 Å². The normalized spacial score (nSPS) is 12.0. The average Bonchev–Trinajstić information content (AvgIpc) is 2.70. The summed E-state index contributed by atoms with van der Waals surface area (Å²) in [5, 5.41) is 27.6. The predicted molar refractivity (Wildman–Crippen MR) is 125 cm³/mol. The van der Waals surface area contributed by atoms with Crippen LogP contribution in [-0.2, 0) is 0 Å². The van der Waals surface area contributed by atoms with Crippen molar-refractivity contribution in [3.8, 4) is 5.75 Å². The van der Waals surface area contributed by atoms with Gasteiger partial charge in [-0.25, -0.2) is 4.72 Å². The molecule has 2 aromatic rings. The predicted octanol–water partition coefficient (Wildman–Crippen LogP) is 4.79. The van der Waals surface area contributed by atoms with E-state index in [1.165, 1.54) is 43.5 Å². The van der Waals surface area contributed by atoms with Gasteiger partial charge >= 0.3 is 0 Å². The Morgan fingerprint density at radius 3 is 2.42 bits per heavy atom. The maximum Gasteiger partial charge on any atom is 0.284 e. The molecular formula is C16H14Cl3N5O5S2. The molecule has 0 saturated carbocycles. The first-order valence-electron chi connectivity index (χ1n) is 8.15. The van der Waals surface area contributed by atoms with Gasteiger partial charge in [-0.1, -0.05) is 46.9 Å². The second kappa shape index (κ2) is 11.0. The van der Waals surface area contributed by atoms with Crippen LogP contribution in [0.1, 0.15) is 0 Å². The number of nitrogens with zero attached hydrogens (tertiary/aromatic N) is 2. The summed E-state index contributed by atoms with van der Waals surface area (Å²) in [4.78, 5) is 21.3. The molecule has 166 valence electrons. The van der Waals surface area contributed by atoms with Gasteiger partial charge in [0.25, 0.3) is 11.4 Å². The molecule has 1 atom stereocenters. The zero-order valence-electron chi connectivity index (χ0n) is 15.5. The lowest BCUT2D eigenvalue weighted by molar-refractivity contribution is -0.387. The number of nitrogens with one attached hydrogen (secondary N) is 3. The van der Waals surface area contributed by atoms with Crippen LogP contribution in [-0.4, -0.2) is 32.0 Å². The molecule has 0 aromatic heterocycles. The first-order chi connectivity index (χ1) is 14.5. The number of alkyl halides is 3. The van der Waals surface area contributed by atoms with E-state index in [2.05, 4.69) is 15.4 Å². The highest BCUT2D eigenvalue weighted by atomic mass is 35.6. The van der Waals surface area contributed by atoms with E-state index >= 15 is 0 Å². The Balaban J connectivity index is 2.12. The molecule has 10 nitrogen and oxygen atoms in total. The van der Waals surface area contributed by atoms with E-state index in [0.29, 0.717) is 10.6 Å². The number of benzene rings is 2. The topological polar surface area (TPSA) is 132 Å². The summed E-state index contributed by atoms with van der Waals surface area (Å²) < 4.78 is 6.03. The quantitative estimate of drug-likeness (QED) is 0.110. The number of ether oxygens (including phenoxy) is 1. The minimum atomic E-state index is -1.90. The third-order valence-corrected chi connectivity index (χ3v) is 5.39. The number of nitro groups is 2. The minimum Gasteiger partial charge on any atom is -0.494 e. The van der Waals surface area contributed by atoms with Crippen molar-refractivity contribution in [3.05, 3.63) is 62.7 Å². The number of para-hydroxylation sites is 1. The van der Waals surface area contributed by atoms with E-state index in [1.54, 1.807) is 6.07 Å². The number of rotatable bonds is 8. The summed E-state index contributed by atoms with van der Waals surface area (Å²) in [6.07, 6.45) is -1.08. The zero-order valence-corrected chi connectivity index (χ0v) is 19.4. The molecule has 0 unspecified atom stereocenters. The first kappa shape index (κ1) is 25.2. The Hall–Kier alpha value is -2.09. The van der Waals surface area contributed by atoms with Gasteiger partial charge in [0.05, 0.1) is 28.7 Å². The molecule has 2 rings (SSSR count). The number of nitro benzene ring substituents is 2. The van der Waals surface area contributed by atoms with E-state index in [-0.39, 0.29) is 22.2 Å². The lowest BCUT2D eigenvalue weighted by Crippen LogP contribution is -2.52. The van der Waals surface area contributed by atoms with Crippen molar-refractivity contribution >= 4 is 81.1 Å². The molecule has 0 spiro atoms. The number of halogens is 3. The summed E-state index contributed by atoms with van der Waals surface area (Å²) in [6, 6.07) is 9.93. The van der Waals surface area contributed by atoms with Gasteiger partial charge in [-0.05, 0) is 36.3 Å². The van der Waals surface area contributed by atoms with Crippen LogP contribution in [0.3, 0.4) is 0 Å². The molecule has 0 aliphatic rings. The van der Waals surface area contributed by atoms with E-state index in [9.17, 15) is 20.2 Å². The van der Waals surface area contributed by atoms with Crippen LogP contribution in [0.15, 0.2) is 47.4 Å². The smallest absolute Gasteiger partial charge is 0.284 e. The molecule has 0 radical (unpaired) electrons. The minimum absolute atomic E-state index is 0.000797. The van der Waals surface area contributed by atoms with Crippen LogP contribution in [0.5, 0.6) is 5.75 Å². The Kier molecular flexibility index (Phi) is 8.91. The lowest BCUT2D eigenvalue weighted by atomic mass is 10.2. The SMILES string of the molecule is COc1cc([N+](=O)[O-])ccc1NC(=S)N[C@H](NSc1ccccc1[N+](=O)[O-])C(Cl)(Cl)Cl. The van der Waals surface area contributed by atoms with Crippen LogP contribution in [0.2, 0.25) is 0 Å². The van der Waals surface area contributed by atoms with E-state index in [0.717, 1.165) is 11.9 Å². The van der Waals surface area contributed by atoms with Crippen molar-refractivity contribution in [1.82, 2.24) is 10.0 Å². The fourth-order valence-corrected chi connectivity index (χ4v) is 3.80. The van der Waals surface area contributed by atoms with E-state index < -0.39 is 19.8 Å². The lowest BCUT2D eigenvalue weighted by Gasteiger charge is -2.27. The third kappa shape index (κ3) is 7.23. The van der Waals surface area contributed by atoms with Crippen molar-refractivity contribution in [2.24, 2.45) is 0 Å². The van der Waals surface area contributed by atoms with Crippen LogP contribution in [0.25, 0.3) is 0 Å². The molecule has 31 heavy (non-hydrogen) atoms. The highest BCUT2D eigenvalue weighted by Crippen LogP contribution is 2.33. The van der Waals surface area contributed by atoms with Gasteiger partial charge in [0.1, 0.15) is 16.8 Å². The highest BCUT2D eigenvalue weighted by Gasteiger charge is 2.34. The van der Waals surface area contributed by atoms with Gasteiger partial charge in [0, 0.05) is 12.1 Å². The van der Waals surface area contributed by atoms with Crippen molar-refractivity contribution in [2.75, 3.05) is 12.4 Å². The van der Waals surface area contributed by atoms with E-state index in [4.69, 9.17) is 51.8 Å². The fraction of sp³-hybridized carbons (Fsp3) is 0.188. The second-order valence-corrected chi connectivity index (χ2v) is 9.32. The van der Waals surface area contributed by atoms with E-state index in [1.807, 2.05) is 0 Å². The monoisotopic (exact) mass is 525 g/mol. The van der Waals surface area contributed by atoms with Gasteiger partial charge in [0.15, 0.2) is 5.11 Å². The molecule has 0 fully saturated rings. The van der Waals surface area contributed by atoms with Gasteiger partial charge in [0.2, 0.25) is 3.79 Å². The summed E-state index contributed by atoms with van der Waals surface area (Å²) in [5.74, 6) is 0.172. The zero-order chi connectivity index (χ0) is 23.2. The first-order valence-corrected chi connectivity index (χ1v) is 10.5. The standard InChI is InChI=1S/C16H14Cl3N5O5S2/c1-29-12-8-9(23(25)26)6-7-10(12)20-15(30)21-14(16(17,18)19)22-31-13-5-3-2-4-11(13)24(27)28/h2-8,14,22H,1H3,(H2,20,21,30)/t14-/m1/s1. The van der Waals surface area contributed by atoms with Gasteiger partial charge in [-0.3, -0.25) is 20.2 Å². The Bertz CT molecular complexity index is 992. The molecule has 0 saturated heterocycles. The van der Waals surface area contributed by atoms with Crippen molar-refractivity contribution < 1.29 is 14.6 Å². The maximum atomic E-state index is 11.2. The molecule has 0 bridgehead atoms. The molecular weight excluding hydrogens is 513 g/mol. The number of hydrogen-bond donors (Lipinski definition) is 3. The van der Waals surface area contributed by atoms with Crippen LogP contribution < -0.4 is 20.1 Å². The van der Waals surface area contributed by atoms with Gasteiger partial charge in [-0.2, -0.15) is 0 Å². The average molecular weight is 527 g/mol. The summed E-state index contributed by atoms with van der Waals surface area (Å²) in [6.45, 7) is 0. The molecule has 2 aromatic carbocycles. The molecule has 0 heterocycles. The number of non-ortho nitro benzene ring substituents is 1. The Morgan fingerprint density at radius 2 is 1.84 bits per heavy atom. The van der Waals surface area contributed by atoms with Gasteiger partial charge < -0.3 is 15.4 Å². The van der Waals surface area contributed by atoms with Crippen LogP contribution in [0.4, 0.5) is 17.1 Å². The molecule has 3 N–H and O–H groups in total. The van der Waals surface area contributed by atoms with Crippen molar-refractivity contribution in [3.63, 3.8) is 0 Å². The van der Waals surface area contributed by atoms with Crippen molar-refractivity contribution in [2.45, 2.75) is 14.9 Å². The maximum absolute atomic E-state index is 11.2.